The molecule has 2 N–H and O–H groups in total. The SMILES string of the molecule is CC(C)c1ccc(NC(=S)Nc2ccn(Cc3ccc(Br)cc3)n2)cc1. The van der Waals surface area contributed by atoms with Crippen molar-refractivity contribution in [2.45, 2.75) is 26.3 Å². The number of halogens is 1. The first-order chi connectivity index (χ1) is 12.5. The van der Waals surface area contributed by atoms with Gasteiger partial charge in [-0.1, -0.05) is 54.0 Å². The van der Waals surface area contributed by atoms with E-state index in [-0.39, 0.29) is 0 Å². The Kier molecular flexibility index (Phi) is 6.06. The molecule has 26 heavy (non-hydrogen) atoms. The van der Waals surface area contributed by atoms with Gasteiger partial charge in [-0.25, -0.2) is 0 Å². The Morgan fingerprint density at radius 1 is 1.04 bits per heavy atom. The molecule has 0 amide bonds. The summed E-state index contributed by atoms with van der Waals surface area (Å²) in [5.41, 5.74) is 3.45. The maximum Gasteiger partial charge on any atom is 0.176 e. The van der Waals surface area contributed by atoms with Crippen molar-refractivity contribution in [1.82, 2.24) is 9.78 Å². The molecule has 0 fully saturated rings. The van der Waals surface area contributed by atoms with Crippen LogP contribution in [0.3, 0.4) is 0 Å². The zero-order valence-corrected chi connectivity index (χ0v) is 17.1. The van der Waals surface area contributed by atoms with Gasteiger partial charge >= 0.3 is 0 Å². The lowest BCUT2D eigenvalue weighted by atomic mass is 10.0. The lowest BCUT2D eigenvalue weighted by molar-refractivity contribution is 0.690. The maximum absolute atomic E-state index is 5.38. The summed E-state index contributed by atoms with van der Waals surface area (Å²) in [6, 6.07) is 18.4. The number of rotatable bonds is 5. The first-order valence-corrected chi connectivity index (χ1v) is 9.65. The fourth-order valence-corrected chi connectivity index (χ4v) is 3.01. The van der Waals surface area contributed by atoms with E-state index in [9.17, 15) is 0 Å². The Morgan fingerprint density at radius 2 is 1.73 bits per heavy atom. The molecule has 0 aliphatic carbocycles. The van der Waals surface area contributed by atoms with Crippen LogP contribution < -0.4 is 10.6 Å². The fourth-order valence-electron chi connectivity index (χ4n) is 2.52. The van der Waals surface area contributed by atoms with Crippen molar-refractivity contribution in [2.24, 2.45) is 0 Å². The van der Waals surface area contributed by atoms with Crippen molar-refractivity contribution in [1.29, 1.82) is 0 Å². The number of hydrogen-bond acceptors (Lipinski definition) is 2. The molecule has 1 heterocycles. The minimum absolute atomic E-state index is 0.517. The van der Waals surface area contributed by atoms with E-state index in [1.54, 1.807) is 0 Å². The monoisotopic (exact) mass is 428 g/mol. The van der Waals surface area contributed by atoms with Crippen molar-refractivity contribution in [3.63, 3.8) is 0 Å². The predicted octanol–water partition coefficient (Wildman–Crippen LogP) is 5.63. The summed E-state index contributed by atoms with van der Waals surface area (Å²) in [7, 11) is 0. The van der Waals surface area contributed by atoms with E-state index in [0.717, 1.165) is 16.0 Å². The summed E-state index contributed by atoms with van der Waals surface area (Å²) in [5.74, 6) is 1.24. The van der Waals surface area contributed by atoms with Crippen molar-refractivity contribution >= 4 is 44.8 Å². The van der Waals surface area contributed by atoms with E-state index in [4.69, 9.17) is 12.2 Å². The topological polar surface area (TPSA) is 41.9 Å². The summed E-state index contributed by atoms with van der Waals surface area (Å²) in [6.07, 6.45) is 1.93. The van der Waals surface area contributed by atoms with Gasteiger partial charge in [0.2, 0.25) is 0 Å². The lowest BCUT2D eigenvalue weighted by Crippen LogP contribution is -2.19. The number of aromatic nitrogens is 2. The van der Waals surface area contributed by atoms with Crippen LogP contribution >= 0.6 is 28.1 Å². The first kappa shape index (κ1) is 18.6. The van der Waals surface area contributed by atoms with Gasteiger partial charge in [-0.05, 0) is 53.5 Å². The zero-order chi connectivity index (χ0) is 18.5. The van der Waals surface area contributed by atoms with E-state index >= 15 is 0 Å². The molecule has 3 aromatic rings. The normalized spacial score (nSPS) is 10.8. The Hall–Kier alpha value is -2.18. The van der Waals surface area contributed by atoms with Crippen molar-refractivity contribution in [3.8, 4) is 0 Å². The highest BCUT2D eigenvalue weighted by molar-refractivity contribution is 9.10. The van der Waals surface area contributed by atoms with Gasteiger partial charge in [0, 0.05) is 22.4 Å². The van der Waals surface area contributed by atoms with E-state index in [2.05, 4.69) is 69.8 Å². The van der Waals surface area contributed by atoms with Gasteiger partial charge in [0.1, 0.15) is 0 Å². The highest BCUT2D eigenvalue weighted by Gasteiger charge is 2.04. The molecule has 4 nitrogen and oxygen atoms in total. The van der Waals surface area contributed by atoms with Crippen molar-refractivity contribution in [3.05, 3.63) is 76.4 Å². The molecule has 3 rings (SSSR count). The third-order valence-electron chi connectivity index (χ3n) is 3.98. The van der Waals surface area contributed by atoms with Crippen LogP contribution in [-0.2, 0) is 6.54 Å². The molecule has 0 aliphatic rings. The van der Waals surface area contributed by atoms with Gasteiger partial charge in [-0.15, -0.1) is 0 Å². The molecule has 0 aliphatic heterocycles. The number of benzene rings is 2. The maximum atomic E-state index is 5.38. The summed E-state index contributed by atoms with van der Waals surface area (Å²) >= 11 is 8.83. The number of anilines is 2. The van der Waals surface area contributed by atoms with Gasteiger partial charge < -0.3 is 10.6 Å². The predicted molar refractivity (Wildman–Crippen MR) is 116 cm³/mol. The smallest absolute Gasteiger partial charge is 0.176 e. The van der Waals surface area contributed by atoms with Crippen LogP contribution in [0, 0.1) is 0 Å². The number of hydrogen-bond donors (Lipinski definition) is 2. The Balaban J connectivity index is 1.56. The van der Waals surface area contributed by atoms with Crippen LogP contribution in [0.1, 0.15) is 30.9 Å². The van der Waals surface area contributed by atoms with Crippen LogP contribution in [0.4, 0.5) is 11.5 Å². The molecule has 2 aromatic carbocycles. The molecule has 0 unspecified atom stereocenters. The molecule has 0 bridgehead atoms. The first-order valence-electron chi connectivity index (χ1n) is 8.45. The zero-order valence-electron chi connectivity index (χ0n) is 14.7. The Labute approximate surface area is 167 Å². The van der Waals surface area contributed by atoms with E-state index in [0.29, 0.717) is 17.6 Å². The number of thiocarbonyl (C=S) groups is 1. The van der Waals surface area contributed by atoms with Crippen LogP contribution in [-0.4, -0.2) is 14.9 Å². The standard InChI is InChI=1S/C20H21BrN4S/c1-14(2)16-5-9-18(10-6-16)22-20(26)23-19-11-12-25(24-19)13-15-3-7-17(21)8-4-15/h3-12,14H,13H2,1-2H3,(H2,22,23,24,26). The molecule has 0 radical (unpaired) electrons. The molecule has 0 saturated heterocycles. The Bertz CT molecular complexity index is 870. The highest BCUT2D eigenvalue weighted by atomic mass is 79.9. The van der Waals surface area contributed by atoms with Crippen LogP contribution in [0.2, 0.25) is 0 Å². The molecule has 0 saturated carbocycles. The lowest BCUT2D eigenvalue weighted by Gasteiger charge is -2.10. The van der Waals surface area contributed by atoms with Crippen molar-refractivity contribution in [2.75, 3.05) is 10.6 Å². The molecule has 134 valence electrons. The molecule has 6 heteroatoms. The quantitative estimate of drug-likeness (QED) is 0.516. The second-order valence-corrected chi connectivity index (χ2v) is 7.70. The van der Waals surface area contributed by atoms with Crippen LogP contribution in [0.25, 0.3) is 0 Å². The van der Waals surface area contributed by atoms with Crippen molar-refractivity contribution < 1.29 is 0 Å². The summed E-state index contributed by atoms with van der Waals surface area (Å²) < 4.78 is 2.95. The second kappa shape index (κ2) is 8.47. The summed E-state index contributed by atoms with van der Waals surface area (Å²) in [5, 5.41) is 11.3. The number of nitrogens with one attached hydrogen (secondary N) is 2. The second-order valence-electron chi connectivity index (χ2n) is 6.38. The van der Waals surface area contributed by atoms with Crippen LogP contribution in [0.5, 0.6) is 0 Å². The molecule has 0 spiro atoms. The van der Waals surface area contributed by atoms with Gasteiger partial charge in [-0.3, -0.25) is 4.68 Å². The highest BCUT2D eigenvalue weighted by Crippen LogP contribution is 2.17. The van der Waals surface area contributed by atoms with Crippen LogP contribution in [0.15, 0.2) is 65.3 Å². The summed E-state index contributed by atoms with van der Waals surface area (Å²) in [6.45, 7) is 5.07. The molecule has 0 atom stereocenters. The minimum Gasteiger partial charge on any atom is -0.332 e. The average Bonchev–Trinajstić information content (AvgIpc) is 3.04. The van der Waals surface area contributed by atoms with Gasteiger partial charge in [0.05, 0.1) is 6.54 Å². The average molecular weight is 429 g/mol. The third kappa shape index (κ3) is 5.16. The van der Waals surface area contributed by atoms with E-state index in [1.807, 2.05) is 41.2 Å². The third-order valence-corrected chi connectivity index (χ3v) is 4.71. The number of nitrogens with zero attached hydrogens (tertiary/aromatic N) is 2. The van der Waals surface area contributed by atoms with Gasteiger partial charge in [-0.2, -0.15) is 5.10 Å². The summed E-state index contributed by atoms with van der Waals surface area (Å²) in [4.78, 5) is 0. The molecular formula is C20H21BrN4S. The molecular weight excluding hydrogens is 408 g/mol. The van der Waals surface area contributed by atoms with E-state index in [1.165, 1.54) is 11.1 Å². The van der Waals surface area contributed by atoms with Gasteiger partial charge in [0.15, 0.2) is 10.9 Å². The fraction of sp³-hybridized carbons (Fsp3) is 0.200. The molecule has 1 aromatic heterocycles. The Morgan fingerprint density at radius 3 is 2.38 bits per heavy atom. The van der Waals surface area contributed by atoms with E-state index < -0.39 is 0 Å². The largest absolute Gasteiger partial charge is 0.332 e. The minimum atomic E-state index is 0.517. The van der Waals surface area contributed by atoms with Gasteiger partial charge in [0.25, 0.3) is 0 Å².